The first-order chi connectivity index (χ1) is 22.7. The van der Waals surface area contributed by atoms with Gasteiger partial charge in [0, 0.05) is 12.5 Å². The number of carboxylic acids is 1. The van der Waals surface area contributed by atoms with Crippen LogP contribution >= 0.6 is 0 Å². The van der Waals surface area contributed by atoms with Crippen LogP contribution in [0.15, 0.2) is 34.3 Å². The molecule has 12 nitrogen and oxygen atoms in total. The van der Waals surface area contributed by atoms with Gasteiger partial charge in [0.15, 0.2) is 11.9 Å². The number of hydrogen-bond donors (Lipinski definition) is 7. The Morgan fingerprint density at radius 3 is 2.22 bits per heavy atom. The Kier molecular flexibility index (Phi) is 11.4. The lowest BCUT2D eigenvalue weighted by Gasteiger charge is -2.69. The predicted molar refractivity (Wildman–Crippen MR) is 178 cm³/mol. The van der Waals surface area contributed by atoms with E-state index in [-0.39, 0.29) is 40.1 Å². The van der Waals surface area contributed by atoms with Crippen LogP contribution in [-0.2, 0) is 23.9 Å². The van der Waals surface area contributed by atoms with E-state index in [0.717, 1.165) is 36.8 Å². The first-order valence-corrected chi connectivity index (χ1v) is 17.5. The summed E-state index contributed by atoms with van der Waals surface area (Å²) in [7, 11) is 0. The van der Waals surface area contributed by atoms with Crippen LogP contribution in [-0.4, -0.2) is 90.8 Å². The number of ether oxygens (including phenoxy) is 2. The van der Waals surface area contributed by atoms with E-state index in [0.29, 0.717) is 37.2 Å². The quantitative estimate of drug-likeness (QED) is 0.113. The Balaban J connectivity index is 0.000000380. The van der Waals surface area contributed by atoms with Crippen molar-refractivity contribution >= 4 is 17.9 Å². The minimum Gasteiger partial charge on any atom is -0.505 e. The third kappa shape index (κ3) is 6.78. The van der Waals surface area contributed by atoms with E-state index in [1.165, 1.54) is 6.92 Å². The first-order valence-electron chi connectivity index (χ1n) is 17.5. The largest absolute Gasteiger partial charge is 0.505 e. The molecule has 0 aromatic rings. The Labute approximate surface area is 288 Å². The zero-order valence-corrected chi connectivity index (χ0v) is 29.8. The average Bonchev–Trinajstić information content (AvgIpc) is 3.44. The molecule has 7 N–H and O–H groups in total. The predicted octanol–water partition coefficient (Wildman–Crippen LogP) is 4.26. The number of rotatable bonds is 7. The van der Waals surface area contributed by atoms with Gasteiger partial charge in [0.05, 0.1) is 18.8 Å². The fourth-order valence-electron chi connectivity index (χ4n) is 10.6. The molecule has 0 bridgehead atoms. The lowest BCUT2D eigenvalue weighted by Crippen LogP contribution is -2.65. The Bertz CT molecular complexity index is 1400. The monoisotopic (exact) mass is 692 g/mol. The fourth-order valence-corrected chi connectivity index (χ4v) is 10.6. The normalized spacial score (nSPS) is 41.2. The molecule has 1 heterocycles. The molecule has 0 aromatic carbocycles. The van der Waals surface area contributed by atoms with E-state index >= 15 is 0 Å². The fraction of sp³-hybridized carbons (Fsp3) is 0.757. The Morgan fingerprint density at radius 1 is 1.04 bits per heavy atom. The van der Waals surface area contributed by atoms with Gasteiger partial charge >= 0.3 is 17.9 Å². The third-order valence-electron chi connectivity index (χ3n) is 13.0. The summed E-state index contributed by atoms with van der Waals surface area (Å²) in [6.45, 7) is 13.8. The maximum absolute atomic E-state index is 12.6. The maximum atomic E-state index is 12.6. The summed E-state index contributed by atoms with van der Waals surface area (Å²) >= 11 is 0. The summed E-state index contributed by atoms with van der Waals surface area (Å²) in [5.41, 5.74) is 1.57. The van der Waals surface area contributed by atoms with Crippen molar-refractivity contribution < 1.29 is 59.6 Å². The number of aliphatic hydroxyl groups excluding tert-OH is 6. The molecule has 4 aliphatic carbocycles. The molecule has 49 heavy (non-hydrogen) atoms. The number of carboxylic acid groups (broad SMARTS) is 1. The molecule has 12 atom stereocenters. The second kappa shape index (κ2) is 14.4. The molecule has 5 rings (SSSR count). The lowest BCUT2D eigenvalue weighted by molar-refractivity contribution is -0.234. The van der Waals surface area contributed by atoms with E-state index in [9.17, 15) is 29.7 Å². The van der Waals surface area contributed by atoms with Gasteiger partial charge in [-0.05, 0) is 111 Å². The average molecular weight is 693 g/mol. The molecule has 0 radical (unpaired) electrons. The highest BCUT2D eigenvalue weighted by atomic mass is 16.6. The molecule has 0 spiro atoms. The van der Waals surface area contributed by atoms with Crippen LogP contribution in [0.3, 0.4) is 0 Å². The molecule has 276 valence electrons. The van der Waals surface area contributed by atoms with E-state index in [2.05, 4.69) is 32.4 Å². The zero-order valence-electron chi connectivity index (χ0n) is 29.8. The summed E-state index contributed by atoms with van der Waals surface area (Å²) in [6, 6.07) is 0. The van der Waals surface area contributed by atoms with Crippen LogP contribution < -0.4 is 0 Å². The number of carbonyl (C=O) groups excluding carboxylic acids is 2. The minimum absolute atomic E-state index is 0.0474. The van der Waals surface area contributed by atoms with Crippen molar-refractivity contribution in [3.8, 4) is 0 Å². The van der Waals surface area contributed by atoms with E-state index in [1.807, 2.05) is 19.9 Å². The van der Waals surface area contributed by atoms with Crippen molar-refractivity contribution in [2.24, 2.45) is 39.9 Å². The van der Waals surface area contributed by atoms with Gasteiger partial charge in [0.2, 0.25) is 5.76 Å². The van der Waals surface area contributed by atoms with Crippen molar-refractivity contribution in [1.29, 1.82) is 0 Å². The summed E-state index contributed by atoms with van der Waals surface area (Å²) in [5.74, 6) is -3.69. The first kappa shape index (κ1) is 38.9. The number of fused-ring (bicyclic) bond motifs is 5. The maximum Gasteiger partial charge on any atom is 0.377 e. The van der Waals surface area contributed by atoms with Gasteiger partial charge in [-0.15, -0.1) is 0 Å². The van der Waals surface area contributed by atoms with Gasteiger partial charge in [-0.1, -0.05) is 39.3 Å². The summed E-state index contributed by atoms with van der Waals surface area (Å²) in [5, 5.41) is 67.9. The summed E-state index contributed by atoms with van der Waals surface area (Å²) in [6.07, 6.45) is 3.45. The molecule has 0 saturated heterocycles. The van der Waals surface area contributed by atoms with E-state index < -0.39 is 60.4 Å². The van der Waals surface area contributed by atoms with Crippen molar-refractivity contribution in [2.75, 3.05) is 6.61 Å². The highest BCUT2D eigenvalue weighted by molar-refractivity contribution is 5.89. The standard InChI is InChI=1S/C31H48O6.C6H8O6/c1-17(2)9-8-10-20(28(35)36)26-22-15-24(34)27-29(5)13-12-23(33)18(3)21(29)11-14-30(27,6)31(22,7)16-25(26)37-19(4)32;7-1-2(8)5-3(9)4(10)6(11)12-5/h9,18,21-25,27,33-34H,8,10-16H2,1-7H3,(H,35,36);2,5,7-10H,1H2/b26-20-;/t18-,21-,22-,23+,24+,25-,27-,29-,30-,31-;2-,5+/m00/s1. The van der Waals surface area contributed by atoms with Crippen LogP contribution in [0.25, 0.3) is 0 Å². The topological polar surface area (TPSA) is 211 Å². The smallest absolute Gasteiger partial charge is 0.377 e. The van der Waals surface area contributed by atoms with Gasteiger partial charge < -0.3 is 45.2 Å². The molecule has 4 fully saturated rings. The van der Waals surface area contributed by atoms with E-state index in [4.69, 9.17) is 25.2 Å². The number of cyclic esters (lactones) is 1. The molecule has 4 saturated carbocycles. The Hall–Kier alpha value is -2.93. The number of carbonyl (C=O) groups is 3. The highest BCUT2D eigenvalue weighted by Gasteiger charge is 2.70. The molecule has 12 heteroatoms. The van der Waals surface area contributed by atoms with Crippen LogP contribution in [0, 0.1) is 39.9 Å². The summed E-state index contributed by atoms with van der Waals surface area (Å²) in [4.78, 5) is 35.4. The number of esters is 2. The van der Waals surface area contributed by atoms with Gasteiger partial charge in [-0.25, -0.2) is 9.59 Å². The SMILES string of the molecule is CC(=O)O[C@H]1C[C@@]2(C)[C@@H](C[C@@H](O)[C@H]3[C@@]4(C)CC[C@@H](O)[C@@H](C)[C@@H]4CC[C@@]32C)/C1=C(\CCC=C(C)C)C(=O)O.O=C1O[C@H]([C@@H](O)CO)C(O)=C1O. The van der Waals surface area contributed by atoms with Crippen LogP contribution in [0.1, 0.15) is 99.8 Å². The van der Waals surface area contributed by atoms with Crippen LogP contribution in [0.4, 0.5) is 0 Å². The molecular formula is C37H56O12. The minimum atomic E-state index is -1.42. The van der Waals surface area contributed by atoms with Crippen LogP contribution in [0.2, 0.25) is 0 Å². The van der Waals surface area contributed by atoms with Gasteiger partial charge in [-0.2, -0.15) is 0 Å². The van der Waals surface area contributed by atoms with Gasteiger partial charge in [0.25, 0.3) is 0 Å². The number of aliphatic hydroxyl groups is 6. The third-order valence-corrected chi connectivity index (χ3v) is 13.0. The molecule has 0 amide bonds. The van der Waals surface area contributed by atoms with Crippen molar-refractivity contribution in [1.82, 2.24) is 0 Å². The number of aliphatic carboxylic acids is 1. The number of hydrogen-bond acceptors (Lipinski definition) is 11. The lowest BCUT2D eigenvalue weighted by atomic mass is 9.36. The number of allylic oxidation sites excluding steroid dienone is 2. The highest BCUT2D eigenvalue weighted by Crippen LogP contribution is 2.74. The van der Waals surface area contributed by atoms with Crippen molar-refractivity contribution in [3.63, 3.8) is 0 Å². The van der Waals surface area contributed by atoms with Gasteiger partial charge in [-0.3, -0.25) is 4.79 Å². The molecule has 0 unspecified atom stereocenters. The summed E-state index contributed by atoms with van der Waals surface area (Å²) < 4.78 is 10.2. The molecule has 1 aliphatic heterocycles. The molecule has 5 aliphatic rings. The van der Waals surface area contributed by atoms with Crippen molar-refractivity contribution in [3.05, 3.63) is 34.3 Å². The zero-order chi connectivity index (χ0) is 36.8. The molecular weight excluding hydrogens is 636 g/mol. The van der Waals surface area contributed by atoms with Crippen LogP contribution in [0.5, 0.6) is 0 Å². The molecule has 0 aromatic heterocycles. The Morgan fingerprint density at radius 2 is 1.69 bits per heavy atom. The second-order valence-electron chi connectivity index (χ2n) is 16.0. The van der Waals surface area contributed by atoms with Crippen molar-refractivity contribution in [2.45, 2.75) is 130 Å². The van der Waals surface area contributed by atoms with Gasteiger partial charge in [0.1, 0.15) is 12.2 Å². The second-order valence-corrected chi connectivity index (χ2v) is 16.0. The van der Waals surface area contributed by atoms with E-state index in [1.54, 1.807) is 0 Å².